The second-order valence-corrected chi connectivity index (χ2v) is 12.2. The van der Waals surface area contributed by atoms with E-state index in [0.717, 1.165) is 48.9 Å². The molecule has 0 saturated heterocycles. The van der Waals surface area contributed by atoms with E-state index in [1.807, 2.05) is 6.07 Å². The molecule has 4 aliphatic carbocycles. The first-order chi connectivity index (χ1) is 14.9. The second-order valence-electron chi connectivity index (χ2n) is 12.2. The number of hydrogen-bond acceptors (Lipinski definition) is 2. The Bertz CT molecular complexity index is 783. The number of hydrogen-bond donors (Lipinski definition) is 1. The molecule has 4 aliphatic rings. The van der Waals surface area contributed by atoms with Crippen LogP contribution in [0.3, 0.4) is 0 Å². The largest absolute Gasteiger partial charge is 0.390 e. The fourth-order valence-corrected chi connectivity index (χ4v) is 8.90. The van der Waals surface area contributed by atoms with E-state index >= 15 is 0 Å². The van der Waals surface area contributed by atoms with Gasteiger partial charge in [-0.05, 0) is 105 Å². The van der Waals surface area contributed by atoms with Crippen LogP contribution in [0.2, 0.25) is 0 Å². The molecule has 1 N–H and O–H groups in total. The van der Waals surface area contributed by atoms with E-state index in [1.54, 1.807) is 0 Å². The van der Waals surface area contributed by atoms with E-state index in [1.165, 1.54) is 56.9 Å². The minimum absolute atomic E-state index is 0.191. The molecule has 0 aliphatic heterocycles. The van der Waals surface area contributed by atoms with Crippen LogP contribution in [0, 0.1) is 40.9 Å². The van der Waals surface area contributed by atoms with Crippen molar-refractivity contribution in [3.05, 3.63) is 35.9 Å². The van der Waals surface area contributed by atoms with E-state index in [9.17, 15) is 9.90 Å². The molecule has 0 amide bonds. The Morgan fingerprint density at radius 1 is 0.903 bits per heavy atom. The van der Waals surface area contributed by atoms with E-state index < -0.39 is 5.60 Å². The Kier molecular flexibility index (Phi) is 5.82. The van der Waals surface area contributed by atoms with Crippen LogP contribution in [0.15, 0.2) is 30.3 Å². The maximum absolute atomic E-state index is 13.6. The Hall–Kier alpha value is -1.15. The van der Waals surface area contributed by atoms with Crippen molar-refractivity contribution in [2.75, 3.05) is 0 Å². The summed E-state index contributed by atoms with van der Waals surface area (Å²) in [6.07, 6.45) is 14.0. The van der Waals surface area contributed by atoms with Gasteiger partial charge in [-0.3, -0.25) is 4.79 Å². The zero-order valence-corrected chi connectivity index (χ0v) is 19.7. The lowest BCUT2D eigenvalue weighted by atomic mass is 9.46. The van der Waals surface area contributed by atoms with Crippen molar-refractivity contribution in [3.8, 4) is 0 Å². The van der Waals surface area contributed by atoms with Gasteiger partial charge in [-0.1, -0.05) is 50.1 Å². The van der Waals surface area contributed by atoms with Crippen molar-refractivity contribution >= 4 is 5.78 Å². The summed E-state index contributed by atoms with van der Waals surface area (Å²) in [5.41, 5.74) is 0.936. The number of Topliss-reactive ketones (excluding diaryl/α,β-unsaturated/α-hetero) is 1. The lowest BCUT2D eigenvalue weighted by Gasteiger charge is -2.58. The average molecular weight is 423 g/mol. The van der Waals surface area contributed by atoms with Crippen molar-refractivity contribution in [1.82, 2.24) is 0 Å². The number of ketones is 1. The zero-order chi connectivity index (χ0) is 21.6. The van der Waals surface area contributed by atoms with Crippen LogP contribution in [0.5, 0.6) is 0 Å². The molecule has 0 bridgehead atoms. The van der Waals surface area contributed by atoms with Gasteiger partial charge in [0.1, 0.15) is 5.78 Å². The summed E-state index contributed by atoms with van der Waals surface area (Å²) in [7, 11) is 0. The topological polar surface area (TPSA) is 37.3 Å². The first kappa shape index (κ1) is 21.7. The molecule has 2 nitrogen and oxygen atoms in total. The minimum Gasteiger partial charge on any atom is -0.390 e. The Morgan fingerprint density at radius 3 is 2.45 bits per heavy atom. The third kappa shape index (κ3) is 4.03. The van der Waals surface area contributed by atoms with Crippen LogP contribution in [0.1, 0.15) is 90.0 Å². The van der Waals surface area contributed by atoms with E-state index in [0.29, 0.717) is 12.2 Å². The van der Waals surface area contributed by atoms with Gasteiger partial charge in [0.15, 0.2) is 0 Å². The fourth-order valence-electron chi connectivity index (χ4n) is 8.90. The average Bonchev–Trinajstić information content (AvgIpc) is 2.92. The predicted octanol–water partition coefficient (Wildman–Crippen LogP) is 6.60. The summed E-state index contributed by atoms with van der Waals surface area (Å²) in [5.74, 6) is 4.68. The van der Waals surface area contributed by atoms with Crippen LogP contribution in [-0.4, -0.2) is 16.5 Å². The number of carbonyl (C=O) groups excluding carboxylic acids is 1. The van der Waals surface area contributed by atoms with Gasteiger partial charge >= 0.3 is 0 Å². The molecule has 5 rings (SSSR count). The van der Waals surface area contributed by atoms with E-state index in [-0.39, 0.29) is 11.3 Å². The second kappa shape index (κ2) is 8.32. The molecule has 0 aromatic heterocycles. The Morgan fingerprint density at radius 2 is 1.65 bits per heavy atom. The lowest BCUT2D eigenvalue weighted by Crippen LogP contribution is -2.53. The highest BCUT2D eigenvalue weighted by molar-refractivity contribution is 5.84. The predicted molar refractivity (Wildman–Crippen MR) is 126 cm³/mol. The zero-order valence-electron chi connectivity index (χ0n) is 19.7. The van der Waals surface area contributed by atoms with Gasteiger partial charge in [-0.25, -0.2) is 0 Å². The smallest absolute Gasteiger partial charge is 0.140 e. The lowest BCUT2D eigenvalue weighted by molar-refractivity contribution is -0.139. The molecule has 8 atom stereocenters. The first-order valence-corrected chi connectivity index (χ1v) is 13.2. The van der Waals surface area contributed by atoms with Gasteiger partial charge in [0.05, 0.1) is 5.60 Å². The Labute approximate surface area is 189 Å². The molecule has 0 radical (unpaired) electrons. The molecule has 4 saturated carbocycles. The summed E-state index contributed by atoms with van der Waals surface area (Å²) in [4.78, 5) is 13.6. The van der Waals surface area contributed by atoms with Crippen molar-refractivity contribution in [2.24, 2.45) is 40.9 Å². The molecule has 0 unspecified atom stereocenters. The minimum atomic E-state index is -0.436. The molecule has 2 heteroatoms. The number of carbonyl (C=O) groups is 1. The SMILES string of the molecule is C[C@@]1(O)CC[C@H]2[C@H](CC[C@@H]3[C@@H]2CC[C@]2(C)[C@@H](C(=O)Cc4ccccc4)CCCC[C@@H]32)C1. The summed E-state index contributed by atoms with van der Waals surface area (Å²) in [6.45, 7) is 4.56. The van der Waals surface area contributed by atoms with Crippen LogP contribution >= 0.6 is 0 Å². The summed E-state index contributed by atoms with van der Waals surface area (Å²) < 4.78 is 0. The van der Waals surface area contributed by atoms with Gasteiger partial charge < -0.3 is 5.11 Å². The molecule has 170 valence electrons. The normalized spacial score (nSPS) is 45.0. The Balaban J connectivity index is 1.37. The van der Waals surface area contributed by atoms with Crippen molar-refractivity contribution in [3.63, 3.8) is 0 Å². The van der Waals surface area contributed by atoms with E-state index in [4.69, 9.17) is 0 Å². The van der Waals surface area contributed by atoms with Crippen LogP contribution in [-0.2, 0) is 11.2 Å². The van der Waals surface area contributed by atoms with E-state index in [2.05, 4.69) is 38.1 Å². The van der Waals surface area contributed by atoms with Crippen molar-refractivity contribution in [1.29, 1.82) is 0 Å². The highest BCUT2D eigenvalue weighted by Crippen LogP contribution is 2.62. The van der Waals surface area contributed by atoms with Gasteiger partial charge in [-0.2, -0.15) is 0 Å². The summed E-state index contributed by atoms with van der Waals surface area (Å²) in [5, 5.41) is 10.7. The maximum atomic E-state index is 13.6. The third-order valence-electron chi connectivity index (χ3n) is 10.3. The number of benzene rings is 1. The summed E-state index contributed by atoms with van der Waals surface area (Å²) >= 11 is 0. The fraction of sp³-hybridized carbons (Fsp3) is 0.759. The molecule has 31 heavy (non-hydrogen) atoms. The third-order valence-corrected chi connectivity index (χ3v) is 10.3. The molecule has 0 heterocycles. The van der Waals surface area contributed by atoms with Gasteiger partial charge in [0.2, 0.25) is 0 Å². The number of aliphatic hydroxyl groups is 1. The van der Waals surface area contributed by atoms with Crippen LogP contribution < -0.4 is 0 Å². The van der Waals surface area contributed by atoms with Gasteiger partial charge in [-0.15, -0.1) is 0 Å². The molecule has 0 spiro atoms. The van der Waals surface area contributed by atoms with Crippen LogP contribution in [0.4, 0.5) is 0 Å². The highest BCUT2D eigenvalue weighted by atomic mass is 16.3. The number of fused-ring (bicyclic) bond motifs is 5. The standard InChI is InChI=1S/C29H42O2/c1-28(31)16-14-22-21(19-28)12-13-24-23(22)15-17-29(2)25(24)10-6-7-11-26(29)27(30)18-20-8-4-3-5-9-20/h3-5,8-9,21-26,31H,6-7,10-19H2,1-2H3/t21-,22+,23-,24-,25+,26-,28-,29+/m1/s1. The van der Waals surface area contributed by atoms with Gasteiger partial charge in [0, 0.05) is 12.3 Å². The molecule has 1 aromatic rings. The molecule has 4 fully saturated rings. The molecular formula is C29H42O2. The highest BCUT2D eigenvalue weighted by Gasteiger charge is 2.56. The van der Waals surface area contributed by atoms with Gasteiger partial charge in [0.25, 0.3) is 0 Å². The summed E-state index contributed by atoms with van der Waals surface area (Å²) in [6, 6.07) is 10.4. The van der Waals surface area contributed by atoms with Crippen molar-refractivity contribution in [2.45, 2.75) is 96.5 Å². The first-order valence-electron chi connectivity index (χ1n) is 13.2. The van der Waals surface area contributed by atoms with Crippen LogP contribution in [0.25, 0.3) is 0 Å². The quantitative estimate of drug-likeness (QED) is 0.596. The molecular weight excluding hydrogens is 380 g/mol. The molecule has 1 aromatic carbocycles. The maximum Gasteiger partial charge on any atom is 0.140 e. The monoisotopic (exact) mass is 422 g/mol. The number of rotatable bonds is 3. The van der Waals surface area contributed by atoms with Crippen molar-refractivity contribution < 1.29 is 9.90 Å².